The Morgan fingerprint density at radius 2 is 1.61 bits per heavy atom. The van der Waals surface area contributed by atoms with Crippen LogP contribution in [0.15, 0.2) is 36.4 Å². The highest BCUT2D eigenvalue weighted by Gasteiger charge is 2.35. The van der Waals surface area contributed by atoms with Gasteiger partial charge in [0.1, 0.15) is 0 Å². The van der Waals surface area contributed by atoms with Gasteiger partial charge in [-0.25, -0.2) is 0 Å². The number of hydrogen-bond donors (Lipinski definition) is 0. The van der Waals surface area contributed by atoms with Crippen LogP contribution in [0.3, 0.4) is 0 Å². The molecule has 0 saturated heterocycles. The molecule has 0 heterocycles. The van der Waals surface area contributed by atoms with Gasteiger partial charge in [0.05, 0.1) is 6.61 Å². The van der Waals surface area contributed by atoms with Crippen LogP contribution in [-0.4, -0.2) is 6.11 Å². The summed E-state index contributed by atoms with van der Waals surface area (Å²) < 4.78 is 33.7. The normalized spacial score (nSPS) is 29.3. The molecule has 1 nitrogen and oxygen atoms in total. The average Bonchev–Trinajstić information content (AvgIpc) is 2.69. The first-order valence-electron chi connectivity index (χ1n) is 11.2. The zero-order valence-corrected chi connectivity index (χ0v) is 17.5. The molecule has 2 aliphatic rings. The van der Waals surface area contributed by atoms with Gasteiger partial charge in [0.15, 0.2) is 0 Å². The fourth-order valence-electron chi connectivity index (χ4n) is 4.92. The zero-order valence-electron chi connectivity index (χ0n) is 17.5. The molecule has 2 aliphatic carbocycles. The van der Waals surface area contributed by atoms with Gasteiger partial charge < -0.3 is 4.74 Å². The van der Waals surface area contributed by atoms with Crippen LogP contribution in [0.1, 0.15) is 88.7 Å². The minimum atomic E-state index is -3.03. The van der Waals surface area contributed by atoms with Crippen molar-refractivity contribution in [2.75, 3.05) is 0 Å². The fraction of sp³-hybridized carbons (Fsp3) is 0.680. The standard InChI is InChI=1S/C25H36F2O/c1-3-4-20-7-9-21(10-8-20)17-25(26,27)28-18-22-11-15-24(16-12-22)23-13-5-19(2)6-14-23/h3-4,11-12,15-16,19-21,23H,5-10,13-14,17-18H2,1-2H3/t19-,20-,21-,23-. The van der Waals surface area contributed by atoms with Gasteiger partial charge in [-0.3, -0.25) is 0 Å². The van der Waals surface area contributed by atoms with Gasteiger partial charge >= 0.3 is 6.11 Å². The molecule has 0 aliphatic heterocycles. The molecule has 3 rings (SSSR count). The minimum Gasteiger partial charge on any atom is -0.316 e. The predicted molar refractivity (Wildman–Crippen MR) is 111 cm³/mol. The number of benzene rings is 1. The molecule has 0 N–H and O–H groups in total. The van der Waals surface area contributed by atoms with Crippen LogP contribution in [-0.2, 0) is 11.3 Å². The minimum absolute atomic E-state index is 0.0110. The summed E-state index contributed by atoms with van der Waals surface area (Å²) in [6, 6.07) is 8.15. The summed E-state index contributed by atoms with van der Waals surface area (Å²) in [4.78, 5) is 0. The van der Waals surface area contributed by atoms with E-state index in [1.165, 1.54) is 31.2 Å². The maximum absolute atomic E-state index is 14.3. The average molecular weight is 391 g/mol. The second kappa shape index (κ2) is 10.0. The van der Waals surface area contributed by atoms with Crippen molar-refractivity contribution in [2.24, 2.45) is 17.8 Å². The third-order valence-corrected chi connectivity index (χ3v) is 6.80. The third kappa shape index (κ3) is 6.40. The van der Waals surface area contributed by atoms with E-state index in [0.717, 1.165) is 37.2 Å². The van der Waals surface area contributed by atoms with Gasteiger partial charge in [0.25, 0.3) is 0 Å². The molecule has 0 spiro atoms. The van der Waals surface area contributed by atoms with Crippen molar-refractivity contribution in [3.05, 3.63) is 47.5 Å². The van der Waals surface area contributed by atoms with E-state index in [0.29, 0.717) is 11.8 Å². The summed E-state index contributed by atoms with van der Waals surface area (Å²) >= 11 is 0. The number of alkyl halides is 2. The Hall–Kier alpha value is -1.22. The van der Waals surface area contributed by atoms with Gasteiger partial charge in [0.2, 0.25) is 0 Å². The van der Waals surface area contributed by atoms with Gasteiger partial charge in [-0.2, -0.15) is 8.78 Å². The van der Waals surface area contributed by atoms with E-state index in [-0.39, 0.29) is 18.9 Å². The molecule has 156 valence electrons. The Bertz CT molecular complexity index is 606. The molecule has 0 amide bonds. The third-order valence-electron chi connectivity index (χ3n) is 6.80. The molecule has 28 heavy (non-hydrogen) atoms. The first-order chi connectivity index (χ1) is 13.4. The lowest BCUT2D eigenvalue weighted by atomic mass is 9.79. The van der Waals surface area contributed by atoms with E-state index in [1.54, 1.807) is 0 Å². The van der Waals surface area contributed by atoms with E-state index < -0.39 is 6.11 Å². The molecule has 1 aromatic rings. The Morgan fingerprint density at radius 3 is 2.21 bits per heavy atom. The van der Waals surface area contributed by atoms with Crippen molar-refractivity contribution in [2.45, 2.75) is 90.3 Å². The van der Waals surface area contributed by atoms with Crippen molar-refractivity contribution < 1.29 is 13.5 Å². The number of rotatable bonds is 7. The van der Waals surface area contributed by atoms with Crippen LogP contribution in [0.2, 0.25) is 0 Å². The van der Waals surface area contributed by atoms with E-state index >= 15 is 0 Å². The van der Waals surface area contributed by atoms with Crippen LogP contribution in [0.4, 0.5) is 8.78 Å². The predicted octanol–water partition coefficient (Wildman–Crippen LogP) is 7.86. The summed E-state index contributed by atoms with van der Waals surface area (Å²) in [5, 5.41) is 0. The first kappa shape index (κ1) is 21.5. The molecule has 0 bridgehead atoms. The van der Waals surface area contributed by atoms with Crippen LogP contribution in [0.25, 0.3) is 0 Å². The highest BCUT2D eigenvalue weighted by Crippen LogP contribution is 2.38. The van der Waals surface area contributed by atoms with Crippen LogP contribution >= 0.6 is 0 Å². The number of halogens is 2. The molecular weight excluding hydrogens is 354 g/mol. The van der Waals surface area contributed by atoms with Gasteiger partial charge in [-0.15, -0.1) is 0 Å². The fourth-order valence-corrected chi connectivity index (χ4v) is 4.92. The Morgan fingerprint density at radius 1 is 0.964 bits per heavy atom. The summed E-state index contributed by atoms with van der Waals surface area (Å²) in [7, 11) is 0. The van der Waals surface area contributed by atoms with E-state index in [9.17, 15) is 8.78 Å². The first-order valence-corrected chi connectivity index (χ1v) is 11.2. The lowest BCUT2D eigenvalue weighted by molar-refractivity contribution is -0.256. The smallest absolute Gasteiger partial charge is 0.316 e. The summed E-state index contributed by atoms with van der Waals surface area (Å²) in [6.07, 6.45) is 9.97. The maximum atomic E-state index is 14.3. The molecule has 2 fully saturated rings. The number of ether oxygens (including phenoxy) is 1. The second-order valence-corrected chi connectivity index (χ2v) is 9.14. The maximum Gasteiger partial charge on any atom is 0.356 e. The molecule has 3 heteroatoms. The summed E-state index contributed by atoms with van der Waals surface area (Å²) in [5.74, 6) is 2.11. The van der Waals surface area contributed by atoms with Gasteiger partial charge in [-0.05, 0) is 80.2 Å². The van der Waals surface area contributed by atoms with Gasteiger partial charge in [0, 0.05) is 6.42 Å². The largest absolute Gasteiger partial charge is 0.356 e. The molecule has 0 aromatic heterocycles. The Kier molecular flexibility index (Phi) is 7.68. The molecule has 0 unspecified atom stereocenters. The van der Waals surface area contributed by atoms with Crippen molar-refractivity contribution in [3.63, 3.8) is 0 Å². The molecule has 0 radical (unpaired) electrons. The van der Waals surface area contributed by atoms with Crippen molar-refractivity contribution >= 4 is 0 Å². The quantitative estimate of drug-likeness (QED) is 0.430. The van der Waals surface area contributed by atoms with E-state index in [1.807, 2.05) is 19.1 Å². The molecule has 1 aromatic carbocycles. The SMILES string of the molecule is CC=C[C@H]1CC[C@H](CC(F)(F)OCc2ccc([C@H]3CC[C@H](C)CC3)cc2)CC1. The van der Waals surface area contributed by atoms with Crippen LogP contribution in [0, 0.1) is 17.8 Å². The van der Waals surface area contributed by atoms with Crippen LogP contribution in [0.5, 0.6) is 0 Å². The van der Waals surface area contributed by atoms with Crippen LogP contribution < -0.4 is 0 Å². The lowest BCUT2D eigenvalue weighted by Gasteiger charge is -2.29. The lowest BCUT2D eigenvalue weighted by Crippen LogP contribution is -2.26. The molecular formula is C25H36F2O. The highest BCUT2D eigenvalue weighted by atomic mass is 19.3. The van der Waals surface area contributed by atoms with Crippen molar-refractivity contribution in [1.82, 2.24) is 0 Å². The van der Waals surface area contributed by atoms with Gasteiger partial charge in [-0.1, -0.05) is 56.2 Å². The Balaban J connectivity index is 1.44. The van der Waals surface area contributed by atoms with E-state index in [4.69, 9.17) is 4.74 Å². The zero-order chi connectivity index (χ0) is 20.0. The number of allylic oxidation sites excluding steroid dienone is 2. The molecule has 2 saturated carbocycles. The summed E-state index contributed by atoms with van der Waals surface area (Å²) in [6.45, 7) is 4.34. The second-order valence-electron chi connectivity index (χ2n) is 9.14. The Labute approximate surface area is 169 Å². The topological polar surface area (TPSA) is 9.23 Å². The molecule has 0 atom stereocenters. The van der Waals surface area contributed by atoms with Crippen molar-refractivity contribution in [1.29, 1.82) is 0 Å². The number of hydrogen-bond acceptors (Lipinski definition) is 1. The monoisotopic (exact) mass is 390 g/mol. The highest BCUT2D eigenvalue weighted by molar-refractivity contribution is 5.25. The summed E-state index contributed by atoms with van der Waals surface area (Å²) in [5.41, 5.74) is 2.18. The van der Waals surface area contributed by atoms with E-state index in [2.05, 4.69) is 31.2 Å². The van der Waals surface area contributed by atoms with Crippen molar-refractivity contribution in [3.8, 4) is 0 Å².